The van der Waals surface area contributed by atoms with Gasteiger partial charge in [-0.2, -0.15) is 5.26 Å². The number of benzene rings is 7. The Morgan fingerprint density at radius 1 is 0.686 bits per heavy atom. The number of hydrogen-bond acceptors (Lipinski definition) is 4. The summed E-state index contributed by atoms with van der Waals surface area (Å²) in [5.74, 6) is 0.891. The van der Waals surface area contributed by atoms with E-state index in [9.17, 15) is 5.26 Å². The molecule has 1 aliphatic carbocycles. The maximum atomic E-state index is 9.84. The standard InChI is InChI=1S/C47H36N2O2/c1-46(2)41-27-30(29-48)15-20-39(41)43-37-13-7-8-14-38(37)45-40(44(43)46)21-22-47(51-45,32-16-18-33(19-17-32)49-23-25-50-26-24-49)42-28-31-9-3-4-10-34(31)35-11-5-6-12-36(35)42/h3-22,27-28H,23-26H2,1-2H3. The fraction of sp³-hybridized carbons (Fsp3) is 0.170. The van der Waals surface area contributed by atoms with Crippen molar-refractivity contribution in [2.45, 2.75) is 24.9 Å². The van der Waals surface area contributed by atoms with E-state index in [-0.39, 0.29) is 5.41 Å². The Morgan fingerprint density at radius 2 is 1.37 bits per heavy atom. The zero-order valence-electron chi connectivity index (χ0n) is 28.7. The molecule has 0 spiro atoms. The van der Waals surface area contributed by atoms with E-state index < -0.39 is 5.60 Å². The van der Waals surface area contributed by atoms with Crippen molar-refractivity contribution < 1.29 is 9.47 Å². The van der Waals surface area contributed by atoms with Crippen molar-refractivity contribution in [3.8, 4) is 22.9 Å². The highest BCUT2D eigenvalue weighted by molar-refractivity contribution is 6.11. The van der Waals surface area contributed by atoms with Crippen LogP contribution in [0.5, 0.6) is 5.75 Å². The minimum atomic E-state index is -0.916. The molecule has 51 heavy (non-hydrogen) atoms. The normalized spacial score (nSPS) is 18.6. The van der Waals surface area contributed by atoms with Crippen LogP contribution in [0.1, 0.15) is 47.2 Å². The van der Waals surface area contributed by atoms with Crippen LogP contribution in [0, 0.1) is 11.3 Å². The zero-order chi connectivity index (χ0) is 34.3. The van der Waals surface area contributed by atoms with Crippen molar-refractivity contribution in [3.63, 3.8) is 0 Å². The van der Waals surface area contributed by atoms with E-state index in [1.54, 1.807) is 0 Å². The molecule has 10 rings (SSSR count). The van der Waals surface area contributed by atoms with Gasteiger partial charge in [-0.3, -0.25) is 0 Å². The first-order valence-electron chi connectivity index (χ1n) is 17.8. The summed E-state index contributed by atoms with van der Waals surface area (Å²) in [7, 11) is 0. The molecule has 0 radical (unpaired) electrons. The molecule has 4 heteroatoms. The molecule has 7 aromatic carbocycles. The summed E-state index contributed by atoms with van der Waals surface area (Å²) < 4.78 is 13.4. The monoisotopic (exact) mass is 660 g/mol. The maximum Gasteiger partial charge on any atom is 0.178 e. The number of fused-ring (bicyclic) bond motifs is 11. The van der Waals surface area contributed by atoms with E-state index in [2.05, 4.69) is 152 Å². The highest BCUT2D eigenvalue weighted by Crippen LogP contribution is 2.58. The van der Waals surface area contributed by atoms with Gasteiger partial charge in [-0.25, -0.2) is 0 Å². The van der Waals surface area contributed by atoms with E-state index in [1.807, 2.05) is 6.07 Å². The second-order valence-corrected chi connectivity index (χ2v) is 14.5. The molecule has 1 unspecified atom stereocenters. The quantitative estimate of drug-likeness (QED) is 0.177. The van der Waals surface area contributed by atoms with Gasteiger partial charge in [-0.1, -0.05) is 111 Å². The largest absolute Gasteiger partial charge is 0.472 e. The van der Waals surface area contributed by atoms with Crippen LogP contribution in [-0.4, -0.2) is 26.3 Å². The Kier molecular flexibility index (Phi) is 6.50. The predicted molar refractivity (Wildman–Crippen MR) is 208 cm³/mol. The fourth-order valence-corrected chi connectivity index (χ4v) is 9.06. The van der Waals surface area contributed by atoms with Gasteiger partial charge >= 0.3 is 0 Å². The predicted octanol–water partition coefficient (Wildman–Crippen LogP) is 10.5. The fourth-order valence-electron chi connectivity index (χ4n) is 9.06. The first kappa shape index (κ1) is 30.0. The minimum absolute atomic E-state index is 0.338. The van der Waals surface area contributed by atoms with Gasteiger partial charge in [-0.05, 0) is 85.6 Å². The lowest BCUT2D eigenvalue weighted by atomic mass is 9.76. The van der Waals surface area contributed by atoms with Crippen LogP contribution in [0.25, 0.3) is 49.5 Å². The van der Waals surface area contributed by atoms with Crippen molar-refractivity contribution in [3.05, 3.63) is 161 Å². The minimum Gasteiger partial charge on any atom is -0.472 e. The number of hydrogen-bond donors (Lipinski definition) is 0. The van der Waals surface area contributed by atoms with Crippen molar-refractivity contribution in [2.24, 2.45) is 0 Å². The summed E-state index contributed by atoms with van der Waals surface area (Å²) in [6.45, 7) is 7.82. The van der Waals surface area contributed by atoms with E-state index in [1.165, 1.54) is 49.5 Å². The third kappa shape index (κ3) is 4.28. The molecule has 0 saturated carbocycles. The molecular formula is C47H36N2O2. The number of morpholine rings is 1. The highest BCUT2D eigenvalue weighted by Gasteiger charge is 2.45. The van der Waals surface area contributed by atoms with E-state index in [0.717, 1.165) is 59.5 Å². The Hall–Kier alpha value is -5.89. The number of anilines is 1. The van der Waals surface area contributed by atoms with Crippen molar-refractivity contribution in [1.82, 2.24) is 0 Å². The second-order valence-electron chi connectivity index (χ2n) is 14.5. The Balaban J connectivity index is 1.26. The lowest BCUT2D eigenvalue weighted by molar-refractivity contribution is 0.122. The summed E-state index contributed by atoms with van der Waals surface area (Å²) in [6.07, 6.45) is 4.62. The number of nitrogens with zero attached hydrogens (tertiary/aromatic N) is 2. The molecule has 246 valence electrons. The number of rotatable bonds is 3. The molecule has 1 saturated heterocycles. The van der Waals surface area contributed by atoms with Crippen LogP contribution in [-0.2, 0) is 15.8 Å². The maximum absolute atomic E-state index is 9.84. The van der Waals surface area contributed by atoms with Crippen molar-refractivity contribution in [2.75, 3.05) is 31.2 Å². The highest BCUT2D eigenvalue weighted by atomic mass is 16.5. The summed E-state index contributed by atoms with van der Waals surface area (Å²) in [5.41, 5.74) is 8.78. The molecule has 0 amide bonds. The summed E-state index contributed by atoms with van der Waals surface area (Å²) in [4.78, 5) is 2.40. The van der Waals surface area contributed by atoms with Gasteiger partial charge in [0.25, 0.3) is 0 Å². The van der Waals surface area contributed by atoms with Gasteiger partial charge in [0.2, 0.25) is 0 Å². The average Bonchev–Trinajstić information content (AvgIpc) is 3.43. The topological polar surface area (TPSA) is 45.5 Å². The van der Waals surface area contributed by atoms with Gasteiger partial charge in [0.15, 0.2) is 5.60 Å². The third-order valence-electron chi connectivity index (χ3n) is 11.5. The first-order chi connectivity index (χ1) is 25.0. The summed E-state index contributed by atoms with van der Waals surface area (Å²) in [6, 6.07) is 45.9. The summed E-state index contributed by atoms with van der Waals surface area (Å²) in [5, 5.41) is 16.9. The van der Waals surface area contributed by atoms with Crippen molar-refractivity contribution in [1.29, 1.82) is 5.26 Å². The van der Waals surface area contributed by atoms with E-state index in [0.29, 0.717) is 5.56 Å². The molecule has 1 fully saturated rings. The molecule has 0 aromatic heterocycles. The van der Waals surface area contributed by atoms with Gasteiger partial charge in [-0.15, -0.1) is 0 Å². The van der Waals surface area contributed by atoms with Gasteiger partial charge in [0.05, 0.1) is 24.8 Å². The van der Waals surface area contributed by atoms with Crippen LogP contribution >= 0.6 is 0 Å². The molecule has 4 nitrogen and oxygen atoms in total. The Morgan fingerprint density at radius 3 is 2.14 bits per heavy atom. The van der Waals surface area contributed by atoms with Crippen molar-refractivity contribution >= 4 is 44.1 Å². The smallest absolute Gasteiger partial charge is 0.178 e. The zero-order valence-corrected chi connectivity index (χ0v) is 28.7. The van der Waals surface area contributed by atoms with Crippen LogP contribution in [0.15, 0.2) is 127 Å². The molecular weight excluding hydrogens is 625 g/mol. The molecule has 2 heterocycles. The third-order valence-corrected chi connectivity index (χ3v) is 11.5. The van der Waals surface area contributed by atoms with E-state index in [4.69, 9.17) is 9.47 Å². The number of ether oxygens (including phenoxy) is 2. The van der Waals surface area contributed by atoms with Gasteiger partial charge in [0, 0.05) is 46.3 Å². The summed E-state index contributed by atoms with van der Waals surface area (Å²) >= 11 is 0. The van der Waals surface area contributed by atoms with Crippen LogP contribution in [0.4, 0.5) is 5.69 Å². The Bertz CT molecular complexity index is 2640. The SMILES string of the molecule is CC1(C)c2cc(C#N)ccc2-c2c1c1c(c3ccccc23)OC(c2ccc(N3CCOCC3)cc2)(c2cc3ccccc3c3ccccc23)C=C1. The average molecular weight is 661 g/mol. The van der Waals surface area contributed by atoms with Crippen LogP contribution in [0.3, 0.4) is 0 Å². The van der Waals surface area contributed by atoms with Gasteiger partial charge < -0.3 is 14.4 Å². The first-order valence-corrected chi connectivity index (χ1v) is 17.8. The molecule has 7 aromatic rings. The molecule has 0 N–H and O–H groups in total. The second kappa shape index (κ2) is 11.1. The Labute approximate surface area is 297 Å². The van der Waals surface area contributed by atoms with Crippen LogP contribution in [0.2, 0.25) is 0 Å². The molecule has 1 atom stereocenters. The number of nitriles is 1. The molecule has 2 aliphatic heterocycles. The van der Waals surface area contributed by atoms with E-state index >= 15 is 0 Å². The van der Waals surface area contributed by atoms with Crippen LogP contribution < -0.4 is 9.64 Å². The molecule has 3 aliphatic rings. The molecule has 0 bridgehead atoms. The lowest BCUT2D eigenvalue weighted by Crippen LogP contribution is -2.37. The van der Waals surface area contributed by atoms with Gasteiger partial charge in [0.1, 0.15) is 5.75 Å². The lowest BCUT2D eigenvalue weighted by Gasteiger charge is -2.39.